The number of rotatable bonds is 5. The lowest BCUT2D eigenvalue weighted by Gasteiger charge is -2.07. The number of aliphatic imine (C=N–C) groups is 1. The predicted molar refractivity (Wildman–Crippen MR) is 100 cm³/mol. The first kappa shape index (κ1) is 16.9. The number of halogens is 1. The molecule has 0 spiro atoms. The first-order chi connectivity index (χ1) is 12.1. The summed E-state index contributed by atoms with van der Waals surface area (Å²) in [4.78, 5) is 4.55. The highest BCUT2D eigenvalue weighted by Crippen LogP contribution is 2.20. The van der Waals surface area contributed by atoms with Gasteiger partial charge in [-0.15, -0.1) is 0 Å². The van der Waals surface area contributed by atoms with E-state index in [2.05, 4.69) is 18.0 Å². The smallest absolute Gasteiger partial charge is 0.129 e. The third-order valence-corrected chi connectivity index (χ3v) is 3.92. The molecule has 3 aromatic carbocycles. The van der Waals surface area contributed by atoms with Crippen molar-refractivity contribution in [3.05, 3.63) is 94.8 Å². The largest absolute Gasteiger partial charge is 0.489 e. The van der Waals surface area contributed by atoms with Gasteiger partial charge in [0.25, 0.3) is 0 Å². The Morgan fingerprint density at radius 1 is 0.960 bits per heavy atom. The van der Waals surface area contributed by atoms with E-state index in [-0.39, 0.29) is 12.4 Å². The molecule has 0 radical (unpaired) electrons. The van der Waals surface area contributed by atoms with E-state index < -0.39 is 0 Å². The molecule has 0 aromatic heterocycles. The highest BCUT2D eigenvalue weighted by Gasteiger charge is 2.02. The summed E-state index contributed by atoms with van der Waals surface area (Å²) in [5, 5.41) is 0. The second-order valence-electron chi connectivity index (χ2n) is 6.00. The van der Waals surface area contributed by atoms with Crippen molar-refractivity contribution in [2.24, 2.45) is 4.99 Å². The number of hydrogen-bond acceptors (Lipinski definition) is 2. The maximum Gasteiger partial charge on any atom is 0.129 e. The zero-order valence-corrected chi connectivity index (χ0v) is 14.4. The first-order valence-electron chi connectivity index (χ1n) is 8.19. The minimum absolute atomic E-state index is 0.199. The van der Waals surface area contributed by atoms with Gasteiger partial charge in [-0.05, 0) is 49.2 Å². The van der Waals surface area contributed by atoms with Crippen LogP contribution >= 0.6 is 0 Å². The zero-order chi connectivity index (χ0) is 17.6. The topological polar surface area (TPSA) is 21.6 Å². The molecule has 0 N–H and O–H groups in total. The molecule has 3 heteroatoms. The molecule has 0 aliphatic heterocycles. The van der Waals surface area contributed by atoms with Crippen LogP contribution in [0.5, 0.6) is 5.75 Å². The van der Waals surface area contributed by atoms with E-state index in [1.807, 2.05) is 49.5 Å². The van der Waals surface area contributed by atoms with Crippen LogP contribution in [0.2, 0.25) is 0 Å². The normalized spacial score (nSPS) is 11.0. The van der Waals surface area contributed by atoms with Crippen LogP contribution in [0, 0.1) is 19.7 Å². The molecular weight excluding hydrogens is 313 g/mol. The van der Waals surface area contributed by atoms with Gasteiger partial charge in [0.15, 0.2) is 0 Å². The van der Waals surface area contributed by atoms with Gasteiger partial charge in [0.05, 0.1) is 5.69 Å². The molecule has 126 valence electrons. The molecule has 0 saturated carbocycles. The highest BCUT2D eigenvalue weighted by atomic mass is 19.1. The molecule has 25 heavy (non-hydrogen) atoms. The second kappa shape index (κ2) is 7.75. The van der Waals surface area contributed by atoms with Crippen LogP contribution in [0.4, 0.5) is 10.1 Å². The fourth-order valence-corrected chi connectivity index (χ4v) is 2.56. The van der Waals surface area contributed by atoms with Gasteiger partial charge in [-0.1, -0.05) is 48.0 Å². The van der Waals surface area contributed by atoms with Gasteiger partial charge in [-0.25, -0.2) is 4.39 Å². The van der Waals surface area contributed by atoms with Crippen molar-refractivity contribution in [3.8, 4) is 5.75 Å². The van der Waals surface area contributed by atoms with Gasteiger partial charge in [-0.2, -0.15) is 0 Å². The van der Waals surface area contributed by atoms with Crippen molar-refractivity contribution >= 4 is 11.9 Å². The molecule has 3 aromatic rings. The van der Waals surface area contributed by atoms with E-state index in [9.17, 15) is 4.39 Å². The Bertz CT molecular complexity index is 902. The Hall–Kier alpha value is -2.94. The van der Waals surface area contributed by atoms with Gasteiger partial charge in [0.1, 0.15) is 18.2 Å². The van der Waals surface area contributed by atoms with Crippen LogP contribution in [-0.2, 0) is 6.61 Å². The number of benzene rings is 3. The van der Waals surface area contributed by atoms with Gasteiger partial charge in [0, 0.05) is 11.8 Å². The van der Waals surface area contributed by atoms with Crippen molar-refractivity contribution in [3.63, 3.8) is 0 Å². The predicted octanol–water partition coefficient (Wildman–Crippen LogP) is 5.77. The molecule has 2 nitrogen and oxygen atoms in total. The lowest BCUT2D eigenvalue weighted by molar-refractivity contribution is 0.300. The van der Waals surface area contributed by atoms with Crippen LogP contribution in [-0.4, -0.2) is 6.21 Å². The number of ether oxygens (including phenoxy) is 1. The number of aryl methyl sites for hydroxylation is 2. The quantitative estimate of drug-likeness (QED) is 0.543. The minimum Gasteiger partial charge on any atom is -0.489 e. The molecule has 0 amide bonds. The second-order valence-corrected chi connectivity index (χ2v) is 6.00. The average Bonchev–Trinajstić information content (AvgIpc) is 2.61. The van der Waals surface area contributed by atoms with Crippen LogP contribution in [0.25, 0.3) is 0 Å². The monoisotopic (exact) mass is 333 g/mol. The third kappa shape index (κ3) is 4.54. The summed E-state index contributed by atoms with van der Waals surface area (Å²) in [7, 11) is 0. The van der Waals surface area contributed by atoms with E-state index in [0.717, 1.165) is 16.8 Å². The minimum atomic E-state index is -0.255. The fourth-order valence-electron chi connectivity index (χ4n) is 2.56. The Morgan fingerprint density at radius 3 is 2.60 bits per heavy atom. The molecular formula is C22H20FNO. The SMILES string of the molecule is Cc1ccc(N=Cc2cccc(OCc3ccccc3F)c2)c(C)c1. The summed E-state index contributed by atoms with van der Waals surface area (Å²) in [6.45, 7) is 4.31. The molecule has 0 aliphatic rings. The van der Waals surface area contributed by atoms with Crippen molar-refractivity contribution in [2.75, 3.05) is 0 Å². The van der Waals surface area contributed by atoms with Gasteiger partial charge >= 0.3 is 0 Å². The standard InChI is InChI=1S/C22H20FNO/c1-16-10-11-22(17(2)12-16)24-14-18-6-5-8-20(13-18)25-15-19-7-3-4-9-21(19)23/h3-14H,15H2,1-2H3. The molecule has 0 saturated heterocycles. The molecule has 0 aliphatic carbocycles. The van der Waals surface area contributed by atoms with Gasteiger partial charge in [-0.3, -0.25) is 4.99 Å². The van der Waals surface area contributed by atoms with Crippen LogP contribution in [0.3, 0.4) is 0 Å². The van der Waals surface area contributed by atoms with Gasteiger partial charge in [0.2, 0.25) is 0 Å². The molecule has 3 rings (SSSR count). The van der Waals surface area contributed by atoms with E-state index in [4.69, 9.17) is 4.74 Å². The maximum absolute atomic E-state index is 13.6. The molecule has 0 heterocycles. The summed E-state index contributed by atoms with van der Waals surface area (Å²) in [5.41, 5.74) is 4.79. The first-order valence-corrected chi connectivity index (χ1v) is 8.19. The summed E-state index contributed by atoms with van der Waals surface area (Å²) in [6.07, 6.45) is 1.81. The molecule has 0 atom stereocenters. The molecule has 0 fully saturated rings. The Kier molecular flexibility index (Phi) is 5.24. The third-order valence-electron chi connectivity index (χ3n) is 3.92. The van der Waals surface area contributed by atoms with Crippen molar-refractivity contribution in [2.45, 2.75) is 20.5 Å². The van der Waals surface area contributed by atoms with E-state index in [1.54, 1.807) is 18.2 Å². The van der Waals surface area contributed by atoms with Crippen LogP contribution in [0.15, 0.2) is 71.7 Å². The fraction of sp³-hybridized carbons (Fsp3) is 0.136. The van der Waals surface area contributed by atoms with Crippen LogP contribution in [0.1, 0.15) is 22.3 Å². The Morgan fingerprint density at radius 2 is 1.80 bits per heavy atom. The van der Waals surface area contributed by atoms with E-state index >= 15 is 0 Å². The van der Waals surface area contributed by atoms with E-state index in [1.165, 1.54) is 11.6 Å². The molecule has 0 unspecified atom stereocenters. The summed E-state index contributed by atoms with van der Waals surface area (Å²) < 4.78 is 19.3. The van der Waals surface area contributed by atoms with Crippen molar-refractivity contribution in [1.82, 2.24) is 0 Å². The maximum atomic E-state index is 13.6. The average molecular weight is 333 g/mol. The highest BCUT2D eigenvalue weighted by molar-refractivity contribution is 5.82. The summed E-state index contributed by atoms with van der Waals surface area (Å²) >= 11 is 0. The van der Waals surface area contributed by atoms with Crippen molar-refractivity contribution < 1.29 is 9.13 Å². The van der Waals surface area contributed by atoms with E-state index in [0.29, 0.717) is 11.3 Å². The Balaban J connectivity index is 1.71. The molecule has 0 bridgehead atoms. The number of hydrogen-bond donors (Lipinski definition) is 0. The van der Waals surface area contributed by atoms with Crippen molar-refractivity contribution in [1.29, 1.82) is 0 Å². The Labute approximate surface area is 147 Å². The summed E-state index contributed by atoms with van der Waals surface area (Å²) in [5.74, 6) is 0.433. The zero-order valence-electron chi connectivity index (χ0n) is 14.4. The lowest BCUT2D eigenvalue weighted by Crippen LogP contribution is -1.98. The van der Waals surface area contributed by atoms with Gasteiger partial charge < -0.3 is 4.74 Å². The summed E-state index contributed by atoms with van der Waals surface area (Å²) in [6, 6.07) is 20.4. The number of nitrogens with zero attached hydrogens (tertiary/aromatic N) is 1. The van der Waals surface area contributed by atoms with Crippen LogP contribution < -0.4 is 4.74 Å². The lowest BCUT2D eigenvalue weighted by atomic mass is 10.1.